The molecule has 0 aromatic heterocycles. The Bertz CT molecular complexity index is 1260. The maximum atomic E-state index is 12.9. The van der Waals surface area contributed by atoms with Crippen molar-refractivity contribution in [1.82, 2.24) is 5.32 Å². The number of carbonyl (C=O) groups excluding carboxylic acids is 2. The van der Waals surface area contributed by atoms with Gasteiger partial charge >= 0.3 is 6.03 Å². The zero-order valence-corrected chi connectivity index (χ0v) is 20.8. The number of fused-ring (bicyclic) bond motifs is 2. The number of rotatable bonds is 7. The zero-order chi connectivity index (χ0) is 24.9. The molecule has 1 heterocycles. The van der Waals surface area contributed by atoms with Crippen molar-refractivity contribution in [3.8, 4) is 17.2 Å². The van der Waals surface area contributed by atoms with Gasteiger partial charge in [0, 0.05) is 34.6 Å². The number of nitrogens with one attached hydrogen (secondary N) is 2. The maximum absolute atomic E-state index is 12.9. The molecule has 1 aliphatic rings. The Morgan fingerprint density at radius 1 is 0.943 bits per heavy atom. The summed E-state index contributed by atoms with van der Waals surface area (Å²) in [5.74, 6) is 1.58. The van der Waals surface area contributed by atoms with Crippen LogP contribution in [0.3, 0.4) is 0 Å². The van der Waals surface area contributed by atoms with Crippen LogP contribution in [0.1, 0.15) is 15.9 Å². The van der Waals surface area contributed by atoms with E-state index in [0.717, 1.165) is 21.0 Å². The second kappa shape index (κ2) is 10.6. The SMILES string of the molecule is COc1ccc(CCNC(=O)Nc2ccc3c(c2)N(C)C(=O)c2ccccc2S3)c(OC)c1OC. The molecule has 3 amide bonds. The van der Waals surface area contributed by atoms with Crippen molar-refractivity contribution in [3.63, 3.8) is 0 Å². The minimum absolute atomic E-state index is 0.0858. The summed E-state index contributed by atoms with van der Waals surface area (Å²) >= 11 is 1.54. The van der Waals surface area contributed by atoms with Crippen LogP contribution < -0.4 is 29.7 Å². The Labute approximate surface area is 208 Å². The van der Waals surface area contributed by atoms with E-state index in [9.17, 15) is 9.59 Å². The van der Waals surface area contributed by atoms with Crippen LogP contribution in [-0.4, -0.2) is 46.9 Å². The molecular formula is C26H27N3O5S. The third-order valence-corrected chi connectivity index (χ3v) is 6.83. The van der Waals surface area contributed by atoms with Crippen LogP contribution in [0.4, 0.5) is 16.2 Å². The Kier molecular flexibility index (Phi) is 7.36. The molecule has 0 saturated heterocycles. The fourth-order valence-electron chi connectivity index (χ4n) is 3.93. The smallest absolute Gasteiger partial charge is 0.319 e. The first-order chi connectivity index (χ1) is 17.0. The van der Waals surface area contributed by atoms with Crippen molar-refractivity contribution >= 4 is 35.1 Å². The van der Waals surface area contributed by atoms with E-state index in [-0.39, 0.29) is 11.9 Å². The largest absolute Gasteiger partial charge is 0.493 e. The third-order valence-electron chi connectivity index (χ3n) is 5.69. The number of benzene rings is 3. The molecule has 4 rings (SSSR count). The summed E-state index contributed by atoms with van der Waals surface area (Å²) in [5.41, 5.74) is 2.88. The van der Waals surface area contributed by atoms with Crippen LogP contribution in [0, 0.1) is 0 Å². The molecule has 2 N–H and O–H groups in total. The number of anilines is 2. The van der Waals surface area contributed by atoms with E-state index in [1.165, 1.54) is 11.8 Å². The summed E-state index contributed by atoms with van der Waals surface area (Å²) < 4.78 is 16.2. The van der Waals surface area contributed by atoms with Crippen LogP contribution in [0.15, 0.2) is 64.4 Å². The van der Waals surface area contributed by atoms with Gasteiger partial charge in [-0.1, -0.05) is 30.0 Å². The number of urea groups is 1. The lowest BCUT2D eigenvalue weighted by atomic mass is 10.1. The molecule has 0 radical (unpaired) electrons. The van der Waals surface area contributed by atoms with Gasteiger partial charge in [0.05, 0.1) is 32.6 Å². The Morgan fingerprint density at radius 3 is 2.46 bits per heavy atom. The quantitative estimate of drug-likeness (QED) is 0.491. The van der Waals surface area contributed by atoms with E-state index >= 15 is 0 Å². The van der Waals surface area contributed by atoms with Crippen molar-refractivity contribution in [1.29, 1.82) is 0 Å². The summed E-state index contributed by atoms with van der Waals surface area (Å²) in [6, 6.07) is 16.4. The maximum Gasteiger partial charge on any atom is 0.319 e. The third kappa shape index (κ3) is 5.00. The van der Waals surface area contributed by atoms with E-state index in [1.807, 2.05) is 48.5 Å². The highest BCUT2D eigenvalue weighted by molar-refractivity contribution is 7.99. The predicted octanol–water partition coefficient (Wildman–Crippen LogP) is 4.82. The van der Waals surface area contributed by atoms with Gasteiger partial charge in [-0.05, 0) is 42.8 Å². The van der Waals surface area contributed by atoms with E-state index in [0.29, 0.717) is 41.5 Å². The van der Waals surface area contributed by atoms with E-state index < -0.39 is 0 Å². The Hall–Kier alpha value is -3.85. The van der Waals surface area contributed by atoms with Gasteiger partial charge in [0.1, 0.15) is 0 Å². The van der Waals surface area contributed by atoms with Crippen LogP contribution in [0.5, 0.6) is 17.2 Å². The molecule has 0 spiro atoms. The first-order valence-corrected chi connectivity index (χ1v) is 11.8. The normalized spacial score (nSPS) is 12.2. The zero-order valence-electron chi connectivity index (χ0n) is 20.0. The van der Waals surface area contributed by atoms with Gasteiger partial charge in [-0.2, -0.15) is 0 Å². The lowest BCUT2D eigenvalue weighted by molar-refractivity contribution is 0.0990. The van der Waals surface area contributed by atoms with Gasteiger partial charge < -0.3 is 29.7 Å². The van der Waals surface area contributed by atoms with Gasteiger partial charge in [0.15, 0.2) is 11.5 Å². The molecule has 8 nitrogen and oxygen atoms in total. The van der Waals surface area contributed by atoms with Gasteiger partial charge in [0.2, 0.25) is 5.75 Å². The molecular weight excluding hydrogens is 466 g/mol. The summed E-state index contributed by atoms with van der Waals surface area (Å²) in [4.78, 5) is 29.0. The minimum atomic E-state index is -0.345. The minimum Gasteiger partial charge on any atom is -0.493 e. The molecule has 0 unspecified atom stereocenters. The number of amides is 3. The molecule has 1 aliphatic heterocycles. The first kappa shape index (κ1) is 24.3. The summed E-state index contributed by atoms with van der Waals surface area (Å²) in [5, 5.41) is 5.71. The van der Waals surface area contributed by atoms with Crippen molar-refractivity contribution in [2.75, 3.05) is 45.1 Å². The molecule has 3 aromatic carbocycles. The fraction of sp³-hybridized carbons (Fsp3) is 0.231. The molecule has 0 atom stereocenters. The predicted molar refractivity (Wildman–Crippen MR) is 137 cm³/mol. The standard InChI is InChI=1S/C26H27N3O5S/c1-29-19-15-17(10-12-22(19)35-21-8-6-5-7-18(21)25(29)30)28-26(31)27-14-13-16-9-11-20(32-2)24(34-4)23(16)33-3/h5-12,15H,13-14H2,1-4H3,(H2,27,28,31). The monoisotopic (exact) mass is 493 g/mol. The number of nitrogens with zero attached hydrogens (tertiary/aromatic N) is 1. The van der Waals surface area contributed by atoms with Crippen molar-refractivity contribution < 1.29 is 23.8 Å². The molecule has 0 aliphatic carbocycles. The van der Waals surface area contributed by atoms with Crippen molar-refractivity contribution in [2.45, 2.75) is 16.2 Å². The molecule has 182 valence electrons. The van der Waals surface area contributed by atoms with E-state index in [2.05, 4.69) is 10.6 Å². The van der Waals surface area contributed by atoms with Crippen molar-refractivity contribution in [3.05, 3.63) is 65.7 Å². The lowest BCUT2D eigenvalue weighted by Gasteiger charge is -2.19. The highest BCUT2D eigenvalue weighted by atomic mass is 32.2. The number of methoxy groups -OCH3 is 3. The topological polar surface area (TPSA) is 89.1 Å². The Morgan fingerprint density at radius 2 is 1.71 bits per heavy atom. The average molecular weight is 494 g/mol. The Balaban J connectivity index is 1.42. The second-order valence-corrected chi connectivity index (χ2v) is 8.85. The van der Waals surface area contributed by atoms with Gasteiger partial charge in [-0.25, -0.2) is 4.79 Å². The molecule has 3 aromatic rings. The van der Waals surface area contributed by atoms with Gasteiger partial charge in [-0.3, -0.25) is 4.79 Å². The molecule has 0 saturated carbocycles. The number of hydrogen-bond donors (Lipinski definition) is 2. The summed E-state index contributed by atoms with van der Waals surface area (Å²) in [6.45, 7) is 0.381. The van der Waals surface area contributed by atoms with Crippen LogP contribution in [0.2, 0.25) is 0 Å². The molecule has 35 heavy (non-hydrogen) atoms. The van der Waals surface area contributed by atoms with Crippen LogP contribution in [0.25, 0.3) is 0 Å². The highest BCUT2D eigenvalue weighted by Crippen LogP contribution is 2.42. The van der Waals surface area contributed by atoms with Gasteiger partial charge in [-0.15, -0.1) is 0 Å². The number of hydrogen-bond acceptors (Lipinski definition) is 6. The van der Waals surface area contributed by atoms with Crippen LogP contribution in [-0.2, 0) is 6.42 Å². The lowest BCUT2D eigenvalue weighted by Crippen LogP contribution is -2.31. The highest BCUT2D eigenvalue weighted by Gasteiger charge is 2.25. The average Bonchev–Trinajstić information content (AvgIpc) is 2.98. The number of carbonyl (C=O) groups is 2. The summed E-state index contributed by atoms with van der Waals surface area (Å²) in [7, 11) is 6.43. The molecule has 9 heteroatoms. The van der Waals surface area contributed by atoms with Crippen LogP contribution >= 0.6 is 11.8 Å². The summed E-state index contributed by atoms with van der Waals surface area (Å²) in [6.07, 6.45) is 0.535. The molecule has 0 fully saturated rings. The first-order valence-electron chi connectivity index (χ1n) is 11.0. The fourth-order valence-corrected chi connectivity index (χ4v) is 5.02. The van der Waals surface area contributed by atoms with E-state index in [4.69, 9.17) is 14.2 Å². The number of ether oxygens (including phenoxy) is 3. The van der Waals surface area contributed by atoms with Gasteiger partial charge in [0.25, 0.3) is 5.91 Å². The molecule has 0 bridgehead atoms. The van der Waals surface area contributed by atoms with Crippen molar-refractivity contribution in [2.24, 2.45) is 0 Å². The second-order valence-electron chi connectivity index (χ2n) is 7.77. The van der Waals surface area contributed by atoms with E-state index in [1.54, 1.807) is 39.3 Å².